The number of aliphatic carboxylic acids is 1. The largest absolute Gasteiger partial charge is 0.481 e. The number of amides is 2. The molecule has 0 aromatic rings. The maximum atomic E-state index is 11.9. The number of hydrogen-bond donors (Lipinski definition) is 2. The van der Waals surface area contributed by atoms with Gasteiger partial charge < -0.3 is 15.3 Å². The van der Waals surface area contributed by atoms with Crippen molar-refractivity contribution in [2.24, 2.45) is 5.92 Å². The SMILES string of the molecule is CCN(CC(C)C(=O)O)C(=O)CCCCCNC(C)=O. The maximum absolute atomic E-state index is 11.9. The highest BCUT2D eigenvalue weighted by atomic mass is 16.4. The second-order valence-corrected chi connectivity index (χ2v) is 4.97. The van der Waals surface area contributed by atoms with Gasteiger partial charge in [0.1, 0.15) is 0 Å². The molecule has 0 aliphatic rings. The van der Waals surface area contributed by atoms with Crippen molar-refractivity contribution in [2.75, 3.05) is 19.6 Å². The summed E-state index contributed by atoms with van der Waals surface area (Å²) in [5.41, 5.74) is 0. The highest BCUT2D eigenvalue weighted by molar-refractivity contribution is 5.77. The molecule has 0 aromatic heterocycles. The number of carbonyl (C=O) groups excluding carboxylic acids is 2. The first kappa shape index (κ1) is 18.4. The van der Waals surface area contributed by atoms with E-state index in [1.165, 1.54) is 6.92 Å². The Labute approximate surface area is 120 Å². The van der Waals surface area contributed by atoms with Gasteiger partial charge >= 0.3 is 5.97 Å². The van der Waals surface area contributed by atoms with Crippen LogP contribution in [-0.4, -0.2) is 47.4 Å². The molecule has 0 saturated heterocycles. The van der Waals surface area contributed by atoms with Crippen LogP contribution >= 0.6 is 0 Å². The van der Waals surface area contributed by atoms with Crippen LogP contribution in [0.1, 0.15) is 46.5 Å². The van der Waals surface area contributed by atoms with E-state index in [4.69, 9.17) is 5.11 Å². The van der Waals surface area contributed by atoms with Crippen molar-refractivity contribution in [2.45, 2.75) is 46.5 Å². The Morgan fingerprint density at radius 1 is 1.20 bits per heavy atom. The van der Waals surface area contributed by atoms with Crippen molar-refractivity contribution in [3.05, 3.63) is 0 Å². The van der Waals surface area contributed by atoms with E-state index < -0.39 is 11.9 Å². The standard InChI is InChI=1S/C14H26N2O4/c1-4-16(10-11(2)14(19)20)13(18)8-6-5-7-9-15-12(3)17/h11H,4-10H2,1-3H3,(H,15,17)(H,19,20). The fourth-order valence-corrected chi connectivity index (χ4v) is 1.82. The van der Waals surface area contributed by atoms with Crippen molar-refractivity contribution < 1.29 is 19.5 Å². The first-order valence-electron chi connectivity index (χ1n) is 7.13. The molecule has 116 valence electrons. The molecule has 0 rings (SSSR count). The van der Waals surface area contributed by atoms with E-state index in [0.717, 1.165) is 19.3 Å². The summed E-state index contributed by atoms with van der Waals surface area (Å²) in [6.07, 6.45) is 2.92. The Morgan fingerprint density at radius 2 is 1.85 bits per heavy atom. The zero-order chi connectivity index (χ0) is 15.5. The summed E-state index contributed by atoms with van der Waals surface area (Å²) in [6, 6.07) is 0. The van der Waals surface area contributed by atoms with Crippen LogP contribution in [0.15, 0.2) is 0 Å². The Kier molecular flexibility index (Phi) is 9.41. The van der Waals surface area contributed by atoms with E-state index in [-0.39, 0.29) is 18.4 Å². The van der Waals surface area contributed by atoms with Crippen LogP contribution in [0.4, 0.5) is 0 Å². The number of nitrogens with zero attached hydrogens (tertiary/aromatic N) is 1. The average Bonchev–Trinajstić information content (AvgIpc) is 2.38. The number of carbonyl (C=O) groups is 3. The van der Waals surface area contributed by atoms with Gasteiger partial charge in [0.2, 0.25) is 11.8 Å². The Balaban J connectivity index is 3.87. The molecular formula is C14H26N2O4. The fourth-order valence-electron chi connectivity index (χ4n) is 1.82. The summed E-state index contributed by atoms with van der Waals surface area (Å²) in [4.78, 5) is 35.0. The van der Waals surface area contributed by atoms with Crippen molar-refractivity contribution in [1.82, 2.24) is 10.2 Å². The molecule has 0 saturated carbocycles. The molecule has 0 heterocycles. The lowest BCUT2D eigenvalue weighted by Gasteiger charge is -2.22. The topological polar surface area (TPSA) is 86.7 Å². The van der Waals surface area contributed by atoms with Crippen LogP contribution in [0.25, 0.3) is 0 Å². The van der Waals surface area contributed by atoms with Crippen LogP contribution < -0.4 is 5.32 Å². The smallest absolute Gasteiger partial charge is 0.308 e. The molecule has 0 aliphatic carbocycles. The fraction of sp³-hybridized carbons (Fsp3) is 0.786. The summed E-state index contributed by atoms with van der Waals surface area (Å²) in [5.74, 6) is -1.47. The van der Waals surface area contributed by atoms with Crippen molar-refractivity contribution in [3.8, 4) is 0 Å². The predicted molar refractivity (Wildman–Crippen MR) is 76.2 cm³/mol. The lowest BCUT2D eigenvalue weighted by molar-refractivity contribution is -0.143. The van der Waals surface area contributed by atoms with Crippen LogP contribution in [0, 0.1) is 5.92 Å². The molecule has 0 fully saturated rings. The van der Waals surface area contributed by atoms with E-state index in [1.807, 2.05) is 6.92 Å². The lowest BCUT2D eigenvalue weighted by Crippen LogP contribution is -2.36. The van der Waals surface area contributed by atoms with Gasteiger partial charge in [-0.25, -0.2) is 0 Å². The molecule has 0 spiro atoms. The van der Waals surface area contributed by atoms with E-state index in [9.17, 15) is 14.4 Å². The molecule has 0 bridgehead atoms. The highest BCUT2D eigenvalue weighted by Crippen LogP contribution is 2.06. The number of hydrogen-bond acceptors (Lipinski definition) is 3. The maximum Gasteiger partial charge on any atom is 0.308 e. The molecule has 6 nitrogen and oxygen atoms in total. The van der Waals surface area contributed by atoms with Crippen molar-refractivity contribution in [3.63, 3.8) is 0 Å². The summed E-state index contributed by atoms with van der Waals surface area (Å²) < 4.78 is 0. The van der Waals surface area contributed by atoms with Crippen molar-refractivity contribution in [1.29, 1.82) is 0 Å². The molecule has 0 radical (unpaired) electrons. The third kappa shape index (κ3) is 8.50. The van der Waals surface area contributed by atoms with E-state index in [1.54, 1.807) is 11.8 Å². The van der Waals surface area contributed by atoms with Gasteiger partial charge in [-0.2, -0.15) is 0 Å². The third-order valence-electron chi connectivity index (χ3n) is 3.09. The van der Waals surface area contributed by atoms with E-state index >= 15 is 0 Å². The molecule has 2 amide bonds. The Morgan fingerprint density at radius 3 is 2.35 bits per heavy atom. The second-order valence-electron chi connectivity index (χ2n) is 4.97. The Bertz CT molecular complexity index is 331. The summed E-state index contributed by atoms with van der Waals surface area (Å²) in [6.45, 7) is 6.36. The summed E-state index contributed by atoms with van der Waals surface area (Å²) in [5, 5.41) is 11.6. The zero-order valence-corrected chi connectivity index (χ0v) is 12.6. The van der Waals surface area contributed by atoms with Crippen LogP contribution in [0.3, 0.4) is 0 Å². The van der Waals surface area contributed by atoms with Gasteiger partial charge in [-0.3, -0.25) is 14.4 Å². The first-order chi connectivity index (χ1) is 9.38. The average molecular weight is 286 g/mol. The minimum Gasteiger partial charge on any atom is -0.481 e. The molecule has 1 unspecified atom stereocenters. The highest BCUT2D eigenvalue weighted by Gasteiger charge is 2.18. The summed E-state index contributed by atoms with van der Waals surface area (Å²) in [7, 11) is 0. The monoisotopic (exact) mass is 286 g/mol. The van der Waals surface area contributed by atoms with Gasteiger partial charge in [0.25, 0.3) is 0 Å². The third-order valence-corrected chi connectivity index (χ3v) is 3.09. The molecule has 0 aliphatic heterocycles. The van der Waals surface area contributed by atoms with Crippen LogP contribution in [0.2, 0.25) is 0 Å². The second kappa shape index (κ2) is 10.2. The number of carboxylic acids is 1. The molecule has 6 heteroatoms. The van der Waals surface area contributed by atoms with Crippen LogP contribution in [0.5, 0.6) is 0 Å². The lowest BCUT2D eigenvalue weighted by atomic mass is 10.1. The minimum atomic E-state index is -0.883. The number of carboxylic acid groups (broad SMARTS) is 1. The van der Waals surface area contributed by atoms with Gasteiger partial charge in [-0.15, -0.1) is 0 Å². The molecule has 2 N–H and O–H groups in total. The Hall–Kier alpha value is -1.59. The minimum absolute atomic E-state index is 0.000118. The normalized spacial score (nSPS) is 11.8. The number of unbranched alkanes of at least 4 members (excludes halogenated alkanes) is 2. The van der Waals surface area contributed by atoms with Crippen LogP contribution in [-0.2, 0) is 14.4 Å². The predicted octanol–water partition coefficient (Wildman–Crippen LogP) is 1.25. The number of rotatable bonds is 10. The van der Waals surface area contributed by atoms with Crippen molar-refractivity contribution >= 4 is 17.8 Å². The zero-order valence-electron chi connectivity index (χ0n) is 12.6. The van der Waals surface area contributed by atoms with E-state index in [2.05, 4.69) is 5.32 Å². The summed E-state index contributed by atoms with van der Waals surface area (Å²) >= 11 is 0. The molecule has 1 atom stereocenters. The molecule has 0 aromatic carbocycles. The molecular weight excluding hydrogens is 260 g/mol. The van der Waals surface area contributed by atoms with Gasteiger partial charge in [-0.1, -0.05) is 13.3 Å². The van der Waals surface area contributed by atoms with Gasteiger partial charge in [-0.05, 0) is 19.8 Å². The first-order valence-corrected chi connectivity index (χ1v) is 7.13. The van der Waals surface area contributed by atoms with Gasteiger partial charge in [0, 0.05) is 33.0 Å². The van der Waals surface area contributed by atoms with Gasteiger partial charge in [0.15, 0.2) is 0 Å². The number of nitrogens with one attached hydrogen (secondary N) is 1. The van der Waals surface area contributed by atoms with E-state index in [0.29, 0.717) is 19.5 Å². The quantitative estimate of drug-likeness (QED) is 0.592. The molecule has 20 heavy (non-hydrogen) atoms. The van der Waals surface area contributed by atoms with Gasteiger partial charge in [0.05, 0.1) is 5.92 Å².